The van der Waals surface area contributed by atoms with Gasteiger partial charge in [0.15, 0.2) is 0 Å². The zero-order chi connectivity index (χ0) is 12.4. The number of ether oxygens (including phenoxy) is 1. The maximum atomic E-state index is 10.3. The van der Waals surface area contributed by atoms with Crippen molar-refractivity contribution in [1.82, 2.24) is 0 Å². The Labute approximate surface area is 93.2 Å². The minimum atomic E-state index is 0.0764. The van der Waals surface area contributed by atoms with Crippen LogP contribution in [0.1, 0.15) is 47.5 Å². The molecule has 0 aromatic carbocycles. The predicted octanol–water partition coefficient (Wildman–Crippen LogP) is 2.62. The highest BCUT2D eigenvalue weighted by Gasteiger charge is 2.00. The van der Waals surface area contributed by atoms with Gasteiger partial charge in [-0.2, -0.15) is 0 Å². The van der Waals surface area contributed by atoms with E-state index in [-0.39, 0.29) is 17.7 Å². The Kier molecular flexibility index (Phi) is 11.0. The Hall–Kier alpha value is -0.700. The molecule has 0 heterocycles. The molecule has 3 heteroatoms. The summed E-state index contributed by atoms with van der Waals surface area (Å²) in [6, 6.07) is 0. The number of methoxy groups -OCH3 is 1. The number of rotatable bonds is 5. The van der Waals surface area contributed by atoms with Crippen molar-refractivity contribution in [3.63, 3.8) is 0 Å². The zero-order valence-electron chi connectivity index (χ0n) is 10.8. The molecule has 0 amide bonds. The van der Waals surface area contributed by atoms with Crippen LogP contribution in [0.25, 0.3) is 0 Å². The number of Topliss-reactive ketones (excluding diaryl/α,β-unsaturated/α-hetero) is 2. The van der Waals surface area contributed by atoms with Gasteiger partial charge in [0, 0.05) is 20.0 Å². The molecule has 0 aliphatic rings. The van der Waals surface area contributed by atoms with Crippen LogP contribution in [0.5, 0.6) is 0 Å². The minimum Gasteiger partial charge on any atom is -0.381 e. The van der Waals surface area contributed by atoms with Crippen molar-refractivity contribution in [2.45, 2.75) is 53.6 Å². The first-order chi connectivity index (χ1) is 6.79. The molecular weight excluding hydrogens is 192 g/mol. The molecule has 1 atom stereocenters. The molecule has 1 unspecified atom stereocenters. The fourth-order valence-corrected chi connectivity index (χ4v) is 1.06. The quantitative estimate of drug-likeness (QED) is 0.709. The fraction of sp³-hybridized carbons (Fsp3) is 0.833. The Morgan fingerprint density at radius 1 is 1.00 bits per heavy atom. The van der Waals surface area contributed by atoms with E-state index < -0.39 is 0 Å². The van der Waals surface area contributed by atoms with E-state index in [4.69, 9.17) is 4.74 Å². The van der Waals surface area contributed by atoms with Crippen LogP contribution in [0.3, 0.4) is 0 Å². The molecule has 3 nitrogen and oxygen atoms in total. The highest BCUT2D eigenvalue weighted by molar-refractivity contribution is 5.76. The lowest BCUT2D eigenvalue weighted by molar-refractivity contribution is -0.119. The number of hydrogen-bond donors (Lipinski definition) is 0. The van der Waals surface area contributed by atoms with Crippen LogP contribution in [0.2, 0.25) is 0 Å². The first kappa shape index (κ1) is 16.7. The molecule has 0 fully saturated rings. The maximum absolute atomic E-state index is 10.3. The molecule has 0 aromatic rings. The third-order valence-corrected chi connectivity index (χ3v) is 1.67. The van der Waals surface area contributed by atoms with Crippen LogP contribution in [-0.4, -0.2) is 24.8 Å². The number of hydrogen-bond acceptors (Lipinski definition) is 3. The molecule has 0 aliphatic carbocycles. The summed E-state index contributed by atoms with van der Waals surface area (Å²) in [7, 11) is 1.60. The normalized spacial score (nSPS) is 11.7. The van der Waals surface area contributed by atoms with E-state index in [1.807, 2.05) is 20.8 Å². The topological polar surface area (TPSA) is 43.4 Å². The summed E-state index contributed by atoms with van der Waals surface area (Å²) >= 11 is 0. The second-order valence-corrected chi connectivity index (χ2v) is 4.25. The van der Waals surface area contributed by atoms with Gasteiger partial charge in [0.25, 0.3) is 0 Å². The Balaban J connectivity index is 0. The molecule has 0 spiro atoms. The molecule has 0 saturated heterocycles. The van der Waals surface area contributed by atoms with E-state index in [0.717, 1.165) is 6.42 Å². The number of carbonyl (C=O) groups is 2. The van der Waals surface area contributed by atoms with Gasteiger partial charge in [-0.1, -0.05) is 13.8 Å². The summed E-state index contributed by atoms with van der Waals surface area (Å²) in [5, 5.41) is 0. The van der Waals surface area contributed by atoms with Crippen molar-refractivity contribution < 1.29 is 14.3 Å². The van der Waals surface area contributed by atoms with Gasteiger partial charge in [-0.3, -0.25) is 4.79 Å². The van der Waals surface area contributed by atoms with E-state index in [1.54, 1.807) is 21.0 Å². The molecule has 0 saturated carbocycles. The zero-order valence-corrected chi connectivity index (χ0v) is 10.8. The van der Waals surface area contributed by atoms with Gasteiger partial charge in [-0.05, 0) is 26.7 Å². The lowest BCUT2D eigenvalue weighted by atomic mass is 10.1. The average Bonchev–Trinajstić information content (AvgIpc) is 2.01. The maximum Gasteiger partial charge on any atom is 0.132 e. The van der Waals surface area contributed by atoms with Gasteiger partial charge in [-0.15, -0.1) is 0 Å². The molecule has 0 aromatic heterocycles. The Morgan fingerprint density at radius 3 is 1.47 bits per heavy atom. The summed E-state index contributed by atoms with van der Waals surface area (Å²) in [6.07, 6.45) is 1.32. The van der Waals surface area contributed by atoms with Gasteiger partial charge in [-0.25, -0.2) is 0 Å². The molecule has 0 radical (unpaired) electrons. The third-order valence-electron chi connectivity index (χ3n) is 1.67. The van der Waals surface area contributed by atoms with Crippen LogP contribution in [0.15, 0.2) is 0 Å². The summed E-state index contributed by atoms with van der Waals surface area (Å²) < 4.78 is 4.84. The van der Waals surface area contributed by atoms with Crippen molar-refractivity contribution in [2.24, 2.45) is 5.92 Å². The molecule has 0 aliphatic heterocycles. The van der Waals surface area contributed by atoms with Crippen LogP contribution >= 0.6 is 0 Å². The van der Waals surface area contributed by atoms with E-state index in [2.05, 4.69) is 0 Å². The number of carbonyl (C=O) groups excluding carboxylic acids is 2. The van der Waals surface area contributed by atoms with Gasteiger partial charge in [0.2, 0.25) is 0 Å². The van der Waals surface area contributed by atoms with Crippen LogP contribution in [0.4, 0.5) is 0 Å². The second kappa shape index (κ2) is 9.84. The molecule has 90 valence electrons. The Morgan fingerprint density at radius 2 is 1.40 bits per heavy atom. The van der Waals surface area contributed by atoms with Gasteiger partial charge in [0.1, 0.15) is 11.6 Å². The van der Waals surface area contributed by atoms with Crippen molar-refractivity contribution in [2.75, 3.05) is 7.11 Å². The first-order valence-electron chi connectivity index (χ1n) is 5.31. The van der Waals surface area contributed by atoms with Crippen molar-refractivity contribution in [3.05, 3.63) is 0 Å². The minimum absolute atomic E-state index is 0.0764. The first-order valence-corrected chi connectivity index (χ1v) is 5.31. The Bertz CT molecular complexity index is 185. The highest BCUT2D eigenvalue weighted by atomic mass is 16.5. The smallest absolute Gasteiger partial charge is 0.132 e. The lowest BCUT2D eigenvalue weighted by Crippen LogP contribution is -2.08. The van der Waals surface area contributed by atoms with Gasteiger partial charge in [0.05, 0.1) is 6.10 Å². The highest BCUT2D eigenvalue weighted by Crippen LogP contribution is 1.97. The predicted molar refractivity (Wildman–Crippen MR) is 61.9 cm³/mol. The monoisotopic (exact) mass is 216 g/mol. The van der Waals surface area contributed by atoms with E-state index in [1.165, 1.54) is 0 Å². The lowest BCUT2D eigenvalue weighted by Gasteiger charge is -2.03. The van der Waals surface area contributed by atoms with E-state index in [0.29, 0.717) is 12.3 Å². The molecule has 0 bridgehead atoms. The van der Waals surface area contributed by atoms with Crippen LogP contribution < -0.4 is 0 Å². The molecule has 0 rings (SSSR count). The SMILES string of the molecule is CC(=O)CC(C)C.COC(C)CC(C)=O. The van der Waals surface area contributed by atoms with E-state index >= 15 is 0 Å². The fourth-order valence-electron chi connectivity index (χ4n) is 1.06. The van der Waals surface area contributed by atoms with Crippen LogP contribution in [0, 0.1) is 5.92 Å². The van der Waals surface area contributed by atoms with E-state index in [9.17, 15) is 9.59 Å². The van der Waals surface area contributed by atoms with Crippen LogP contribution in [-0.2, 0) is 14.3 Å². The summed E-state index contributed by atoms with van der Waals surface area (Å²) in [5.74, 6) is 0.992. The molecule has 0 N–H and O–H groups in total. The summed E-state index contributed by atoms with van der Waals surface area (Å²) in [5.41, 5.74) is 0. The van der Waals surface area contributed by atoms with Gasteiger partial charge < -0.3 is 9.53 Å². The van der Waals surface area contributed by atoms with Gasteiger partial charge >= 0.3 is 0 Å². The van der Waals surface area contributed by atoms with Crippen molar-refractivity contribution in [3.8, 4) is 0 Å². The average molecular weight is 216 g/mol. The van der Waals surface area contributed by atoms with Crippen molar-refractivity contribution >= 4 is 11.6 Å². The second-order valence-electron chi connectivity index (χ2n) is 4.25. The third kappa shape index (κ3) is 19.6. The number of ketones is 2. The standard InChI is InChI=1S/C6H12O2.C6H12O/c1-5(7)4-6(2)8-3;1-5(2)4-6(3)7/h6H,4H2,1-3H3;5H,4H2,1-3H3. The molecule has 15 heavy (non-hydrogen) atoms. The largest absolute Gasteiger partial charge is 0.381 e. The summed E-state index contributed by atoms with van der Waals surface area (Å²) in [4.78, 5) is 20.6. The summed E-state index contributed by atoms with van der Waals surface area (Å²) in [6.45, 7) is 9.15. The molecular formula is C12H24O3. The van der Waals surface area contributed by atoms with Crippen molar-refractivity contribution in [1.29, 1.82) is 0 Å².